The molecule has 7 heteroatoms. The second kappa shape index (κ2) is 8.10. The average molecular weight is 392 g/mol. The van der Waals surface area contributed by atoms with Gasteiger partial charge >= 0.3 is 0 Å². The second-order valence-corrected chi connectivity index (χ2v) is 7.35. The maximum atomic E-state index is 13.1. The summed E-state index contributed by atoms with van der Waals surface area (Å²) in [6.07, 6.45) is -0.238. The minimum Gasteiger partial charge on any atom is -0.483 e. The number of benzene rings is 2. The number of hydrogen-bond donors (Lipinski definition) is 0. The van der Waals surface area contributed by atoms with Crippen LogP contribution in [0.25, 0.3) is 0 Å². The summed E-state index contributed by atoms with van der Waals surface area (Å²) in [6, 6.07) is 12.3. The van der Waals surface area contributed by atoms with Crippen molar-refractivity contribution in [1.82, 2.24) is 14.8 Å². The van der Waals surface area contributed by atoms with Gasteiger partial charge in [0.15, 0.2) is 17.1 Å². The van der Waals surface area contributed by atoms with Crippen molar-refractivity contribution in [2.75, 3.05) is 0 Å². The summed E-state index contributed by atoms with van der Waals surface area (Å²) in [6.45, 7) is 3.97. The van der Waals surface area contributed by atoms with Crippen molar-refractivity contribution >= 4 is 23.4 Å². The summed E-state index contributed by atoms with van der Waals surface area (Å²) >= 11 is 7.57. The fraction of sp³-hybridized carbons (Fsp3) is 0.263. The molecular formula is C19H19ClFN3OS. The quantitative estimate of drug-likeness (QED) is 0.531. The third kappa shape index (κ3) is 4.37. The standard InChI is InChI=1S/C19H19ClFN3OS/c1-12-5-4-6-16(9-12)25-13(2)18-22-23-19(24(18)3)26-11-14-7-8-15(21)10-17(14)20/h4-10,13H,11H2,1-3H3. The van der Waals surface area contributed by atoms with Gasteiger partial charge in [-0.05, 0) is 49.2 Å². The smallest absolute Gasteiger partial charge is 0.191 e. The van der Waals surface area contributed by atoms with Crippen molar-refractivity contribution in [1.29, 1.82) is 0 Å². The van der Waals surface area contributed by atoms with E-state index in [-0.39, 0.29) is 11.9 Å². The molecule has 136 valence electrons. The van der Waals surface area contributed by atoms with Crippen LogP contribution in [0.15, 0.2) is 47.6 Å². The molecule has 0 fully saturated rings. The summed E-state index contributed by atoms with van der Waals surface area (Å²) in [5.41, 5.74) is 1.99. The Hall–Kier alpha value is -2.05. The molecule has 3 aromatic rings. The van der Waals surface area contributed by atoms with E-state index < -0.39 is 0 Å². The van der Waals surface area contributed by atoms with Gasteiger partial charge in [0.1, 0.15) is 11.6 Å². The fourth-order valence-electron chi connectivity index (χ4n) is 2.53. The molecule has 3 rings (SSSR count). The molecule has 1 heterocycles. The van der Waals surface area contributed by atoms with Crippen molar-refractivity contribution in [2.45, 2.75) is 30.9 Å². The van der Waals surface area contributed by atoms with E-state index in [0.717, 1.165) is 27.9 Å². The minimum absolute atomic E-state index is 0.238. The highest BCUT2D eigenvalue weighted by atomic mass is 35.5. The topological polar surface area (TPSA) is 39.9 Å². The first-order valence-electron chi connectivity index (χ1n) is 8.13. The van der Waals surface area contributed by atoms with Crippen LogP contribution in [-0.4, -0.2) is 14.8 Å². The Morgan fingerprint density at radius 1 is 1.23 bits per heavy atom. The highest BCUT2D eigenvalue weighted by Gasteiger charge is 2.17. The molecule has 0 radical (unpaired) electrons. The van der Waals surface area contributed by atoms with Crippen molar-refractivity contribution in [3.8, 4) is 5.75 Å². The van der Waals surface area contributed by atoms with E-state index in [1.807, 2.05) is 49.7 Å². The van der Waals surface area contributed by atoms with Gasteiger partial charge in [-0.3, -0.25) is 0 Å². The van der Waals surface area contributed by atoms with Gasteiger partial charge in [-0.1, -0.05) is 41.6 Å². The molecule has 0 N–H and O–H groups in total. The molecule has 4 nitrogen and oxygen atoms in total. The highest BCUT2D eigenvalue weighted by molar-refractivity contribution is 7.98. The summed E-state index contributed by atoms with van der Waals surface area (Å²) in [7, 11) is 1.90. The van der Waals surface area contributed by atoms with E-state index in [0.29, 0.717) is 10.8 Å². The van der Waals surface area contributed by atoms with Gasteiger partial charge in [0, 0.05) is 17.8 Å². The molecule has 0 aliphatic heterocycles. The molecule has 2 aromatic carbocycles. The molecule has 0 aliphatic rings. The number of aromatic nitrogens is 3. The van der Waals surface area contributed by atoms with Gasteiger partial charge < -0.3 is 9.30 Å². The molecule has 26 heavy (non-hydrogen) atoms. The lowest BCUT2D eigenvalue weighted by Crippen LogP contribution is -2.10. The van der Waals surface area contributed by atoms with E-state index in [4.69, 9.17) is 16.3 Å². The summed E-state index contributed by atoms with van der Waals surface area (Å²) < 4.78 is 21.0. The van der Waals surface area contributed by atoms with Crippen LogP contribution in [0.5, 0.6) is 5.75 Å². The number of ether oxygens (including phenoxy) is 1. The maximum absolute atomic E-state index is 13.1. The normalized spacial score (nSPS) is 12.2. The fourth-order valence-corrected chi connectivity index (χ4v) is 3.77. The molecule has 0 aliphatic carbocycles. The van der Waals surface area contributed by atoms with Crippen molar-refractivity contribution in [3.63, 3.8) is 0 Å². The maximum Gasteiger partial charge on any atom is 0.191 e. The van der Waals surface area contributed by atoms with Crippen LogP contribution >= 0.6 is 23.4 Å². The number of rotatable bonds is 6. The lowest BCUT2D eigenvalue weighted by atomic mass is 10.2. The van der Waals surface area contributed by atoms with Gasteiger partial charge in [-0.15, -0.1) is 10.2 Å². The lowest BCUT2D eigenvalue weighted by Gasteiger charge is -2.14. The van der Waals surface area contributed by atoms with E-state index in [1.165, 1.54) is 23.9 Å². The van der Waals surface area contributed by atoms with Crippen LogP contribution in [0.4, 0.5) is 4.39 Å². The van der Waals surface area contributed by atoms with E-state index in [1.54, 1.807) is 6.07 Å². The van der Waals surface area contributed by atoms with E-state index in [9.17, 15) is 4.39 Å². The van der Waals surface area contributed by atoms with Crippen molar-refractivity contribution in [2.24, 2.45) is 7.05 Å². The largest absolute Gasteiger partial charge is 0.483 e. The monoisotopic (exact) mass is 391 g/mol. The molecular weight excluding hydrogens is 373 g/mol. The third-order valence-corrected chi connectivity index (χ3v) is 5.33. The molecule has 0 amide bonds. The third-order valence-electron chi connectivity index (χ3n) is 3.91. The van der Waals surface area contributed by atoms with Gasteiger partial charge in [0.25, 0.3) is 0 Å². The van der Waals surface area contributed by atoms with Crippen LogP contribution in [0.1, 0.15) is 30.0 Å². The Morgan fingerprint density at radius 3 is 2.77 bits per heavy atom. The van der Waals surface area contributed by atoms with Gasteiger partial charge in [-0.25, -0.2) is 4.39 Å². The van der Waals surface area contributed by atoms with Crippen LogP contribution in [0, 0.1) is 12.7 Å². The molecule has 0 saturated carbocycles. The van der Waals surface area contributed by atoms with Crippen LogP contribution in [0.2, 0.25) is 5.02 Å². The Bertz CT molecular complexity index is 916. The number of halogens is 2. The van der Waals surface area contributed by atoms with Crippen molar-refractivity contribution in [3.05, 3.63) is 70.3 Å². The zero-order chi connectivity index (χ0) is 18.7. The molecule has 1 unspecified atom stereocenters. The minimum atomic E-state index is -0.341. The lowest BCUT2D eigenvalue weighted by molar-refractivity contribution is 0.211. The zero-order valence-electron chi connectivity index (χ0n) is 14.7. The number of hydrogen-bond acceptors (Lipinski definition) is 4. The van der Waals surface area contributed by atoms with Crippen LogP contribution < -0.4 is 4.74 Å². The predicted molar refractivity (Wildman–Crippen MR) is 102 cm³/mol. The molecule has 1 atom stereocenters. The molecule has 1 aromatic heterocycles. The first-order chi connectivity index (χ1) is 12.4. The Labute approximate surface area is 161 Å². The molecule has 0 saturated heterocycles. The van der Waals surface area contributed by atoms with Crippen LogP contribution in [0.3, 0.4) is 0 Å². The first kappa shape index (κ1) is 18.7. The summed E-state index contributed by atoms with van der Waals surface area (Å²) in [4.78, 5) is 0. The number of aryl methyl sites for hydroxylation is 1. The first-order valence-corrected chi connectivity index (χ1v) is 9.49. The van der Waals surface area contributed by atoms with Gasteiger partial charge in [0.2, 0.25) is 0 Å². The number of thioether (sulfide) groups is 1. The summed E-state index contributed by atoms with van der Waals surface area (Å²) in [5.74, 6) is 1.77. The van der Waals surface area contributed by atoms with Gasteiger partial charge in [-0.2, -0.15) is 0 Å². The number of nitrogens with zero attached hydrogens (tertiary/aromatic N) is 3. The Kier molecular flexibility index (Phi) is 5.84. The van der Waals surface area contributed by atoms with Crippen molar-refractivity contribution < 1.29 is 9.13 Å². The molecule has 0 spiro atoms. The Balaban J connectivity index is 1.69. The van der Waals surface area contributed by atoms with E-state index in [2.05, 4.69) is 10.2 Å². The summed E-state index contributed by atoms with van der Waals surface area (Å²) in [5, 5.41) is 9.66. The predicted octanol–water partition coefficient (Wildman–Crippen LogP) is 5.35. The van der Waals surface area contributed by atoms with E-state index >= 15 is 0 Å². The van der Waals surface area contributed by atoms with Gasteiger partial charge in [0.05, 0.1) is 0 Å². The second-order valence-electron chi connectivity index (χ2n) is 6.00. The SMILES string of the molecule is Cc1cccc(OC(C)c2nnc(SCc3ccc(F)cc3Cl)n2C)c1. The highest BCUT2D eigenvalue weighted by Crippen LogP contribution is 2.28. The average Bonchev–Trinajstić information content (AvgIpc) is 2.95. The molecule has 0 bridgehead atoms. The zero-order valence-corrected chi connectivity index (χ0v) is 16.3. The Morgan fingerprint density at radius 2 is 2.04 bits per heavy atom. The van der Waals surface area contributed by atoms with Crippen LogP contribution in [-0.2, 0) is 12.8 Å².